The van der Waals surface area contributed by atoms with Gasteiger partial charge in [-0.1, -0.05) is 31.2 Å². The zero-order valence-electron chi connectivity index (χ0n) is 13.9. The van der Waals surface area contributed by atoms with Gasteiger partial charge in [-0.2, -0.15) is 0 Å². The maximum atomic E-state index is 12.7. The number of rotatable bonds is 7. The van der Waals surface area contributed by atoms with E-state index in [-0.39, 0.29) is 5.03 Å². The summed E-state index contributed by atoms with van der Waals surface area (Å²) in [5.74, 6) is 0. The average Bonchev–Trinajstić information content (AvgIpc) is 3.24. The van der Waals surface area contributed by atoms with E-state index in [2.05, 4.69) is 20.8 Å². The normalized spacial score (nSPS) is 13.0. The zero-order chi connectivity index (χ0) is 17.9. The van der Waals surface area contributed by atoms with Crippen molar-refractivity contribution in [3.05, 3.63) is 62.4 Å². The number of nitrogens with one attached hydrogen (secondary N) is 1. The van der Waals surface area contributed by atoms with Crippen molar-refractivity contribution in [2.24, 2.45) is 0 Å². The Labute approximate surface area is 155 Å². The molecule has 0 unspecified atom stereocenters. The molecule has 1 radical (unpaired) electrons. The molecule has 0 aliphatic heterocycles. The van der Waals surface area contributed by atoms with Gasteiger partial charge in [0.05, 0.1) is 21.8 Å². The third-order valence-corrected chi connectivity index (χ3v) is 6.92. The molecule has 1 aromatic carbocycles. The summed E-state index contributed by atoms with van der Waals surface area (Å²) in [5, 5.41) is 5.26. The molecule has 5 nitrogen and oxygen atoms in total. The van der Waals surface area contributed by atoms with Gasteiger partial charge < -0.3 is 0 Å². The quantitative estimate of drug-likeness (QED) is 0.668. The van der Waals surface area contributed by atoms with Crippen molar-refractivity contribution < 1.29 is 8.42 Å². The second-order valence-electron chi connectivity index (χ2n) is 5.51. The monoisotopic (exact) mass is 392 g/mol. The van der Waals surface area contributed by atoms with Crippen molar-refractivity contribution >= 4 is 32.7 Å². The molecule has 131 valence electrons. The van der Waals surface area contributed by atoms with Gasteiger partial charge in [0.25, 0.3) is 10.0 Å². The Hall–Kier alpha value is -1.61. The predicted molar refractivity (Wildman–Crippen MR) is 100 cm³/mol. The summed E-state index contributed by atoms with van der Waals surface area (Å²) in [5.41, 5.74) is 1.76. The van der Waals surface area contributed by atoms with Gasteiger partial charge in [0.2, 0.25) is 0 Å². The highest BCUT2D eigenvalue weighted by atomic mass is 32.2. The number of nitrogens with zero attached hydrogens (tertiary/aromatic N) is 2. The molecule has 0 bridgehead atoms. The van der Waals surface area contributed by atoms with Crippen molar-refractivity contribution in [3.8, 4) is 0 Å². The number of sulfonamides is 1. The largest absolute Gasteiger partial charge is 0.259 e. The molecule has 0 saturated heterocycles. The number of hydrogen-bond acceptors (Lipinski definition) is 6. The minimum absolute atomic E-state index is 0.0624. The van der Waals surface area contributed by atoms with Gasteiger partial charge in [0.1, 0.15) is 0 Å². The van der Waals surface area contributed by atoms with Gasteiger partial charge in [-0.05, 0) is 31.4 Å². The van der Waals surface area contributed by atoms with Crippen LogP contribution in [0.5, 0.6) is 0 Å². The van der Waals surface area contributed by atoms with E-state index in [4.69, 9.17) is 0 Å². The second kappa shape index (κ2) is 7.74. The van der Waals surface area contributed by atoms with Gasteiger partial charge in [-0.25, -0.2) is 23.1 Å². The molecule has 2 heterocycles. The molecular formula is C17H18N3O2S3. The first-order valence-electron chi connectivity index (χ1n) is 7.81. The lowest BCUT2D eigenvalue weighted by Gasteiger charge is -2.16. The van der Waals surface area contributed by atoms with Gasteiger partial charge >= 0.3 is 0 Å². The fourth-order valence-electron chi connectivity index (χ4n) is 2.36. The Morgan fingerprint density at radius 1 is 1.20 bits per heavy atom. The van der Waals surface area contributed by atoms with Gasteiger partial charge in [0, 0.05) is 10.8 Å². The number of aromatic nitrogens is 2. The van der Waals surface area contributed by atoms with Crippen LogP contribution in [0.1, 0.15) is 34.2 Å². The smallest absolute Gasteiger partial charge is 0.245 e. The maximum Gasteiger partial charge on any atom is 0.259 e. The third-order valence-electron chi connectivity index (χ3n) is 3.63. The van der Waals surface area contributed by atoms with Crippen molar-refractivity contribution in [2.75, 3.05) is 0 Å². The van der Waals surface area contributed by atoms with E-state index in [1.807, 2.05) is 36.6 Å². The lowest BCUT2D eigenvalue weighted by molar-refractivity contribution is 0.547. The molecule has 3 rings (SSSR count). The fourth-order valence-corrected chi connectivity index (χ4v) is 5.30. The van der Waals surface area contributed by atoms with Crippen LogP contribution in [-0.4, -0.2) is 18.4 Å². The van der Waals surface area contributed by atoms with E-state index in [0.717, 1.165) is 27.7 Å². The highest BCUT2D eigenvalue weighted by Crippen LogP contribution is 2.24. The first-order valence-corrected chi connectivity index (χ1v) is 11.1. The molecule has 0 amide bonds. The number of benzene rings is 1. The van der Waals surface area contributed by atoms with E-state index in [0.29, 0.717) is 6.42 Å². The van der Waals surface area contributed by atoms with E-state index in [1.165, 1.54) is 11.3 Å². The van der Waals surface area contributed by atoms with E-state index in [9.17, 15) is 8.42 Å². The van der Waals surface area contributed by atoms with Crippen LogP contribution in [0.4, 0.5) is 0 Å². The van der Waals surface area contributed by atoms with Crippen LogP contribution in [-0.2, 0) is 22.9 Å². The molecule has 1 N–H and O–H groups in total. The summed E-state index contributed by atoms with van der Waals surface area (Å²) in [6.45, 7) is 3.82. The van der Waals surface area contributed by atoms with Crippen LogP contribution < -0.4 is 4.72 Å². The Kier molecular flexibility index (Phi) is 5.63. The summed E-state index contributed by atoms with van der Waals surface area (Å²) in [7, 11) is -3.70. The predicted octanol–water partition coefficient (Wildman–Crippen LogP) is 3.53. The zero-order valence-corrected chi connectivity index (χ0v) is 16.3. The SMILES string of the molecule is CCc1nc([C@H](Cc2cc[c]cc2)NS(=O)(=O)c2csc(C)n2)cs1. The molecule has 3 aromatic rings. The van der Waals surface area contributed by atoms with Crippen LogP contribution in [0.15, 0.2) is 40.1 Å². The maximum absolute atomic E-state index is 12.7. The third kappa shape index (κ3) is 4.52. The highest BCUT2D eigenvalue weighted by molar-refractivity contribution is 7.89. The first kappa shape index (κ1) is 18.2. The molecule has 25 heavy (non-hydrogen) atoms. The van der Waals surface area contributed by atoms with E-state index < -0.39 is 16.1 Å². The molecule has 2 aromatic heterocycles. The molecule has 0 fully saturated rings. The molecule has 0 saturated carbocycles. The van der Waals surface area contributed by atoms with Crippen LogP contribution in [0, 0.1) is 13.0 Å². The average molecular weight is 393 g/mol. The second-order valence-corrected chi connectivity index (χ2v) is 9.18. The van der Waals surface area contributed by atoms with Crippen LogP contribution in [0.3, 0.4) is 0 Å². The summed E-state index contributed by atoms with van der Waals surface area (Å²) in [6.07, 6.45) is 1.35. The summed E-state index contributed by atoms with van der Waals surface area (Å²) in [4.78, 5) is 8.68. The molecule has 0 aliphatic rings. The molecule has 0 aliphatic carbocycles. The highest BCUT2D eigenvalue weighted by Gasteiger charge is 2.25. The Morgan fingerprint density at radius 3 is 2.56 bits per heavy atom. The number of thiazole rings is 2. The molecule has 0 spiro atoms. The van der Waals surface area contributed by atoms with Crippen molar-refractivity contribution in [1.82, 2.24) is 14.7 Å². The topological polar surface area (TPSA) is 72.0 Å². The lowest BCUT2D eigenvalue weighted by atomic mass is 10.1. The first-order chi connectivity index (χ1) is 12.0. The molecular weight excluding hydrogens is 374 g/mol. The van der Waals surface area contributed by atoms with Crippen LogP contribution >= 0.6 is 22.7 Å². The van der Waals surface area contributed by atoms with E-state index >= 15 is 0 Å². The van der Waals surface area contributed by atoms with Gasteiger partial charge in [0.15, 0.2) is 5.03 Å². The van der Waals surface area contributed by atoms with Crippen molar-refractivity contribution in [2.45, 2.75) is 37.8 Å². The summed E-state index contributed by atoms with van der Waals surface area (Å²) in [6, 6.07) is 10.0. The standard InChI is InChI=1S/C17H18N3O2S3/c1-3-16-19-15(10-24-16)14(9-13-7-5-4-6-8-13)20-25(21,22)17-11-23-12(2)18-17/h5-8,10-11,14,20H,3,9H2,1-2H3/t14-/m0/s1. The van der Waals surface area contributed by atoms with Gasteiger partial charge in [-0.3, -0.25) is 0 Å². The summed E-state index contributed by atoms with van der Waals surface area (Å²) >= 11 is 2.87. The van der Waals surface area contributed by atoms with Crippen molar-refractivity contribution in [1.29, 1.82) is 0 Å². The van der Waals surface area contributed by atoms with Crippen LogP contribution in [0.2, 0.25) is 0 Å². The van der Waals surface area contributed by atoms with E-state index in [1.54, 1.807) is 23.6 Å². The minimum Gasteiger partial charge on any atom is -0.245 e. The molecule has 1 atom stereocenters. The van der Waals surface area contributed by atoms with Crippen LogP contribution in [0.25, 0.3) is 0 Å². The Morgan fingerprint density at radius 2 is 1.96 bits per heavy atom. The minimum atomic E-state index is -3.70. The summed E-state index contributed by atoms with van der Waals surface area (Å²) < 4.78 is 28.2. The lowest BCUT2D eigenvalue weighted by Crippen LogP contribution is -2.30. The molecule has 8 heteroatoms. The van der Waals surface area contributed by atoms with Crippen molar-refractivity contribution in [3.63, 3.8) is 0 Å². The fraction of sp³-hybridized carbons (Fsp3) is 0.294. The Bertz CT molecular complexity index is 933. The van der Waals surface area contributed by atoms with Gasteiger partial charge in [-0.15, -0.1) is 22.7 Å². The number of hydrogen-bond donors (Lipinski definition) is 1. The Balaban J connectivity index is 1.90. The number of aryl methyl sites for hydroxylation is 2.